The monoisotopic (exact) mass is 508 g/mol. The van der Waals surface area contributed by atoms with Crippen LogP contribution >= 0.6 is 0 Å². The van der Waals surface area contributed by atoms with E-state index in [1.54, 1.807) is 21.3 Å². The van der Waals surface area contributed by atoms with Crippen molar-refractivity contribution in [3.8, 4) is 17.2 Å². The summed E-state index contributed by atoms with van der Waals surface area (Å²) in [7, 11) is 4.90. The number of ether oxygens (including phenoxy) is 3. The second-order valence-corrected chi connectivity index (χ2v) is 11.2. The molecule has 3 unspecified atom stereocenters. The smallest absolute Gasteiger partial charge is 0.203 e. The lowest BCUT2D eigenvalue weighted by atomic mass is 9.87. The minimum Gasteiger partial charge on any atom is -0.493 e. The summed E-state index contributed by atoms with van der Waals surface area (Å²) in [6.45, 7) is 12.8. The lowest BCUT2D eigenvalue weighted by Gasteiger charge is -2.44. The molecule has 7 nitrogen and oxygen atoms in total. The molecule has 1 aromatic carbocycles. The lowest BCUT2D eigenvalue weighted by molar-refractivity contribution is -0.0739. The average molecular weight is 509 g/mol. The van der Waals surface area contributed by atoms with E-state index in [1.165, 1.54) is 19.3 Å². The number of hydrogen-bond donors (Lipinski definition) is 2. The predicted octanol–water partition coefficient (Wildman–Crippen LogP) is 4.57. The van der Waals surface area contributed by atoms with E-state index in [-0.39, 0.29) is 12.6 Å². The van der Waals surface area contributed by atoms with E-state index in [2.05, 4.69) is 30.6 Å². The van der Waals surface area contributed by atoms with Crippen molar-refractivity contribution in [2.24, 2.45) is 11.8 Å². The molecule has 36 heavy (non-hydrogen) atoms. The van der Waals surface area contributed by atoms with Gasteiger partial charge in [0.1, 0.15) is 0 Å². The second-order valence-electron chi connectivity index (χ2n) is 11.2. The van der Waals surface area contributed by atoms with Gasteiger partial charge in [0, 0.05) is 38.3 Å². The number of rotatable bonds is 16. The lowest BCUT2D eigenvalue weighted by Crippen LogP contribution is -2.58. The van der Waals surface area contributed by atoms with Crippen LogP contribution < -0.4 is 14.2 Å². The first-order chi connectivity index (χ1) is 17.2. The number of methoxy groups -OCH3 is 3. The van der Waals surface area contributed by atoms with Crippen molar-refractivity contribution in [2.75, 3.05) is 54.1 Å². The maximum Gasteiger partial charge on any atom is 0.203 e. The first-order valence-electron chi connectivity index (χ1n) is 13.7. The van der Waals surface area contributed by atoms with Gasteiger partial charge in [-0.3, -0.25) is 9.80 Å². The molecule has 0 amide bonds. The second kappa shape index (κ2) is 15.0. The zero-order chi connectivity index (χ0) is 26.7. The van der Waals surface area contributed by atoms with E-state index >= 15 is 0 Å². The van der Waals surface area contributed by atoms with Crippen LogP contribution in [0.15, 0.2) is 12.1 Å². The third-order valence-corrected chi connectivity index (χ3v) is 7.78. The maximum atomic E-state index is 11.3. The van der Waals surface area contributed by atoms with E-state index in [1.807, 2.05) is 19.1 Å². The molecule has 0 saturated carbocycles. The quantitative estimate of drug-likeness (QED) is 0.339. The number of aliphatic hydroxyl groups is 2. The van der Waals surface area contributed by atoms with Gasteiger partial charge in [0.2, 0.25) is 5.75 Å². The zero-order valence-corrected chi connectivity index (χ0v) is 23.9. The highest BCUT2D eigenvalue weighted by atomic mass is 16.5. The number of benzene rings is 1. The number of piperazine rings is 1. The Morgan fingerprint density at radius 3 is 2.08 bits per heavy atom. The van der Waals surface area contributed by atoms with Gasteiger partial charge >= 0.3 is 0 Å². The summed E-state index contributed by atoms with van der Waals surface area (Å²) < 4.78 is 16.6. The fourth-order valence-corrected chi connectivity index (χ4v) is 5.46. The van der Waals surface area contributed by atoms with E-state index < -0.39 is 5.60 Å². The van der Waals surface area contributed by atoms with Crippen LogP contribution in [0.4, 0.5) is 0 Å². The van der Waals surface area contributed by atoms with Crippen LogP contribution in [0.2, 0.25) is 0 Å². The maximum absolute atomic E-state index is 11.3. The van der Waals surface area contributed by atoms with E-state index in [4.69, 9.17) is 14.2 Å². The van der Waals surface area contributed by atoms with Crippen molar-refractivity contribution in [2.45, 2.75) is 84.4 Å². The van der Waals surface area contributed by atoms with Crippen molar-refractivity contribution >= 4 is 0 Å². The van der Waals surface area contributed by atoms with Gasteiger partial charge in [-0.1, -0.05) is 58.9 Å². The van der Waals surface area contributed by atoms with Crippen molar-refractivity contribution in [3.05, 3.63) is 17.7 Å². The van der Waals surface area contributed by atoms with Gasteiger partial charge < -0.3 is 24.4 Å². The van der Waals surface area contributed by atoms with Gasteiger partial charge in [-0.15, -0.1) is 0 Å². The first kappa shape index (κ1) is 30.7. The molecule has 7 heteroatoms. The summed E-state index contributed by atoms with van der Waals surface area (Å²) in [5.41, 5.74) is 0.151. The van der Waals surface area contributed by atoms with Crippen LogP contribution in [0, 0.1) is 11.8 Å². The molecule has 0 radical (unpaired) electrons. The van der Waals surface area contributed by atoms with Gasteiger partial charge in [0.25, 0.3) is 0 Å². The fraction of sp³-hybridized carbons (Fsp3) is 0.793. The third kappa shape index (κ3) is 8.79. The zero-order valence-electron chi connectivity index (χ0n) is 23.9. The molecule has 0 spiro atoms. The number of nitrogens with zero attached hydrogens (tertiary/aromatic N) is 2. The van der Waals surface area contributed by atoms with Crippen molar-refractivity contribution in [1.29, 1.82) is 0 Å². The molecule has 208 valence electrons. The summed E-state index contributed by atoms with van der Waals surface area (Å²) in [5.74, 6) is 3.42. The van der Waals surface area contributed by atoms with Gasteiger partial charge in [-0.05, 0) is 31.2 Å². The van der Waals surface area contributed by atoms with Crippen LogP contribution in [0.5, 0.6) is 17.2 Å². The molecule has 3 atom stereocenters. The molecule has 1 fully saturated rings. The predicted molar refractivity (Wildman–Crippen MR) is 146 cm³/mol. The summed E-state index contributed by atoms with van der Waals surface area (Å²) in [4.78, 5) is 4.64. The van der Waals surface area contributed by atoms with Crippen molar-refractivity contribution in [1.82, 2.24) is 9.80 Å². The number of aliphatic hydroxyl groups excluding tert-OH is 1. The van der Waals surface area contributed by atoms with Crippen molar-refractivity contribution in [3.63, 3.8) is 0 Å². The SMILES string of the molecule is COc1ccc(CN2CCN(C(CO)C(C)(O)CCCC(C)CCCC(C)C)CC2)c(OC)c1OC. The van der Waals surface area contributed by atoms with E-state index in [9.17, 15) is 10.2 Å². The Kier molecular flexibility index (Phi) is 12.8. The molecule has 1 aliphatic rings. The number of hydrogen-bond acceptors (Lipinski definition) is 7. The van der Waals surface area contributed by atoms with Gasteiger partial charge in [-0.25, -0.2) is 0 Å². The van der Waals surface area contributed by atoms with Gasteiger partial charge in [-0.2, -0.15) is 0 Å². The molecule has 1 saturated heterocycles. The summed E-state index contributed by atoms with van der Waals surface area (Å²) >= 11 is 0. The van der Waals surface area contributed by atoms with Crippen molar-refractivity contribution < 1.29 is 24.4 Å². The average Bonchev–Trinajstić information content (AvgIpc) is 2.84. The Hall–Kier alpha value is -1.54. The normalized spacial score (nSPS) is 18.6. The fourth-order valence-electron chi connectivity index (χ4n) is 5.46. The van der Waals surface area contributed by atoms with Crippen LogP contribution in [0.1, 0.15) is 71.8 Å². The largest absolute Gasteiger partial charge is 0.493 e. The Bertz CT molecular complexity index is 762. The highest BCUT2D eigenvalue weighted by molar-refractivity contribution is 5.55. The van der Waals surface area contributed by atoms with E-state index in [0.29, 0.717) is 23.2 Å². The molecule has 1 heterocycles. The molecule has 0 aliphatic carbocycles. The molecule has 2 N–H and O–H groups in total. The molecule has 0 aromatic heterocycles. The Labute approximate surface area is 219 Å². The van der Waals surface area contributed by atoms with Crippen LogP contribution in [-0.4, -0.2) is 85.8 Å². The Balaban J connectivity index is 1.88. The third-order valence-electron chi connectivity index (χ3n) is 7.78. The van der Waals surface area contributed by atoms with Crippen LogP contribution in [-0.2, 0) is 6.54 Å². The summed E-state index contributed by atoms with van der Waals surface area (Å²) in [6, 6.07) is 3.70. The Morgan fingerprint density at radius 2 is 1.53 bits per heavy atom. The van der Waals surface area contributed by atoms with Gasteiger partial charge in [0.05, 0.1) is 39.6 Å². The standard InChI is InChI=1S/C29H52N2O5/c1-22(2)10-8-11-23(3)12-9-15-29(4,33)26(21-32)31-18-16-30(17-19-31)20-24-13-14-25(34-5)28(36-7)27(24)35-6/h13-14,22-23,26,32-33H,8-12,15-21H2,1-7H3. The van der Waals surface area contributed by atoms with E-state index in [0.717, 1.165) is 63.5 Å². The molecule has 1 aromatic rings. The summed E-state index contributed by atoms with van der Waals surface area (Å²) in [5, 5.41) is 21.5. The molecule has 0 bridgehead atoms. The molecular formula is C29H52N2O5. The Morgan fingerprint density at radius 1 is 0.889 bits per heavy atom. The highest BCUT2D eigenvalue weighted by Gasteiger charge is 2.37. The first-order valence-corrected chi connectivity index (χ1v) is 13.7. The topological polar surface area (TPSA) is 74.6 Å². The van der Waals surface area contributed by atoms with Crippen LogP contribution in [0.3, 0.4) is 0 Å². The minimum atomic E-state index is -0.902. The molecule has 1 aliphatic heterocycles. The molecular weight excluding hydrogens is 456 g/mol. The highest BCUT2D eigenvalue weighted by Crippen LogP contribution is 2.40. The minimum absolute atomic E-state index is 0.0273. The summed E-state index contributed by atoms with van der Waals surface area (Å²) in [6.07, 6.45) is 6.68. The van der Waals surface area contributed by atoms with Crippen LogP contribution in [0.25, 0.3) is 0 Å². The molecule has 2 rings (SSSR count). The van der Waals surface area contributed by atoms with Gasteiger partial charge in [0.15, 0.2) is 11.5 Å².